The summed E-state index contributed by atoms with van der Waals surface area (Å²) >= 11 is 12.4. The molecular weight excluding hydrogens is 489 g/mol. The fourth-order valence-electron chi connectivity index (χ4n) is 3.79. The largest absolute Gasteiger partial charge is 0.483 e. The number of ether oxygens (including phenoxy) is 1. The van der Waals surface area contributed by atoms with Gasteiger partial charge in [-0.3, -0.25) is 9.59 Å². The predicted octanol–water partition coefficient (Wildman–Crippen LogP) is 5.74. The molecule has 1 heterocycles. The molecular formula is C26H23Cl2N3O4. The number of aromatic nitrogens is 2. The van der Waals surface area contributed by atoms with Gasteiger partial charge in [0.05, 0.1) is 17.5 Å². The van der Waals surface area contributed by atoms with Crippen molar-refractivity contribution < 1.29 is 19.4 Å². The Morgan fingerprint density at radius 3 is 2.46 bits per heavy atom. The minimum atomic E-state index is -0.974. The lowest BCUT2D eigenvalue weighted by Gasteiger charge is -2.17. The zero-order valence-electron chi connectivity index (χ0n) is 18.9. The summed E-state index contributed by atoms with van der Waals surface area (Å²) in [6.45, 7) is 2.40. The second-order valence-corrected chi connectivity index (χ2v) is 8.88. The number of aliphatic carboxylic acids is 1. The van der Waals surface area contributed by atoms with E-state index in [4.69, 9.17) is 38.0 Å². The number of rotatable bonds is 9. The van der Waals surface area contributed by atoms with E-state index in [0.29, 0.717) is 39.2 Å². The van der Waals surface area contributed by atoms with Crippen molar-refractivity contribution in [3.05, 3.63) is 93.7 Å². The lowest BCUT2D eigenvalue weighted by molar-refractivity contribution is -0.136. The molecule has 0 aliphatic rings. The Morgan fingerprint density at radius 1 is 1.06 bits per heavy atom. The molecule has 7 nitrogen and oxygen atoms in total. The minimum Gasteiger partial charge on any atom is -0.483 e. The van der Waals surface area contributed by atoms with Crippen LogP contribution in [-0.4, -0.2) is 33.1 Å². The number of halogens is 2. The Balaban J connectivity index is 1.70. The molecule has 1 unspecified atom stereocenters. The summed E-state index contributed by atoms with van der Waals surface area (Å²) in [5.41, 5.74) is 2.70. The van der Waals surface area contributed by atoms with Crippen LogP contribution in [0.25, 0.3) is 11.0 Å². The fourth-order valence-corrected chi connectivity index (χ4v) is 4.36. The Hall–Kier alpha value is -3.55. The monoisotopic (exact) mass is 511 g/mol. The lowest BCUT2D eigenvalue weighted by Crippen LogP contribution is -2.25. The molecule has 1 atom stereocenters. The molecule has 1 amide bonds. The molecule has 0 spiro atoms. The van der Waals surface area contributed by atoms with Crippen molar-refractivity contribution in [3.63, 3.8) is 0 Å². The van der Waals surface area contributed by atoms with Crippen LogP contribution in [0.2, 0.25) is 10.0 Å². The highest BCUT2D eigenvalue weighted by Gasteiger charge is 2.20. The number of nitrogens with zero attached hydrogens (tertiary/aromatic N) is 2. The molecule has 0 aliphatic heterocycles. The molecule has 0 saturated carbocycles. The van der Waals surface area contributed by atoms with Crippen molar-refractivity contribution in [1.29, 1.82) is 0 Å². The van der Waals surface area contributed by atoms with Crippen molar-refractivity contribution in [3.8, 4) is 5.75 Å². The van der Waals surface area contributed by atoms with Crippen LogP contribution in [0.15, 0.2) is 66.7 Å². The third-order valence-electron chi connectivity index (χ3n) is 5.35. The second-order valence-electron chi connectivity index (χ2n) is 8.01. The van der Waals surface area contributed by atoms with E-state index >= 15 is 0 Å². The smallest absolute Gasteiger partial charge is 0.305 e. The number of hydrogen-bond acceptors (Lipinski definition) is 4. The van der Waals surface area contributed by atoms with Gasteiger partial charge in [0.15, 0.2) is 11.9 Å². The molecule has 0 fully saturated rings. The van der Waals surface area contributed by atoms with E-state index in [1.807, 2.05) is 60.0 Å². The average molecular weight is 512 g/mol. The highest BCUT2D eigenvalue weighted by molar-refractivity contribution is 6.34. The molecule has 4 aromatic rings. The molecule has 180 valence electrons. The molecule has 4 rings (SSSR count). The lowest BCUT2D eigenvalue weighted by atomic mass is 10.1. The number of carboxylic acids is 1. The van der Waals surface area contributed by atoms with Gasteiger partial charge in [0, 0.05) is 28.7 Å². The van der Waals surface area contributed by atoms with Crippen LogP contribution in [0.1, 0.15) is 41.2 Å². The molecule has 0 aliphatic carbocycles. The molecule has 1 aromatic heterocycles. The molecule has 9 heteroatoms. The van der Waals surface area contributed by atoms with Gasteiger partial charge >= 0.3 is 5.97 Å². The number of carboxylic acid groups (broad SMARTS) is 1. The standard InChI is InChI=1S/C26H23Cl2N3O4/c1-16(35-21-5-3-2-4-6-21)25-30-22-13-18(26(34)29-10-9-24(32)33)7-8-23(22)31(25)15-17-11-19(27)14-20(28)12-17/h2-8,11-14,16H,9-10,15H2,1H3,(H,29,34)(H,32,33). The van der Waals surface area contributed by atoms with Gasteiger partial charge in [-0.05, 0) is 61.0 Å². The highest BCUT2D eigenvalue weighted by Crippen LogP contribution is 2.28. The van der Waals surface area contributed by atoms with Crippen LogP contribution in [0, 0.1) is 0 Å². The topological polar surface area (TPSA) is 93.4 Å². The summed E-state index contributed by atoms with van der Waals surface area (Å²) in [5, 5.41) is 12.5. The van der Waals surface area contributed by atoms with Crippen LogP contribution in [0.5, 0.6) is 5.75 Å². The van der Waals surface area contributed by atoms with Crippen molar-refractivity contribution in [2.75, 3.05) is 6.54 Å². The number of imidazole rings is 1. The highest BCUT2D eigenvalue weighted by atomic mass is 35.5. The zero-order valence-corrected chi connectivity index (χ0v) is 20.4. The third-order valence-corrected chi connectivity index (χ3v) is 5.78. The quantitative estimate of drug-likeness (QED) is 0.299. The summed E-state index contributed by atoms with van der Waals surface area (Å²) < 4.78 is 8.15. The van der Waals surface area contributed by atoms with Crippen LogP contribution in [0.4, 0.5) is 0 Å². The molecule has 2 N–H and O–H groups in total. The zero-order chi connectivity index (χ0) is 24.9. The molecule has 35 heavy (non-hydrogen) atoms. The Bertz CT molecular complexity index is 1350. The van der Waals surface area contributed by atoms with E-state index in [-0.39, 0.29) is 18.9 Å². The molecule has 3 aromatic carbocycles. The number of carbonyl (C=O) groups excluding carboxylic acids is 1. The number of para-hydroxylation sites is 1. The van der Waals surface area contributed by atoms with Crippen molar-refractivity contribution in [2.24, 2.45) is 0 Å². The minimum absolute atomic E-state index is 0.0450. The maximum atomic E-state index is 12.5. The first-order valence-electron chi connectivity index (χ1n) is 11.0. The molecule has 0 saturated heterocycles. The maximum Gasteiger partial charge on any atom is 0.305 e. The summed E-state index contributed by atoms with van der Waals surface area (Å²) in [6.07, 6.45) is -0.546. The van der Waals surface area contributed by atoms with E-state index < -0.39 is 12.1 Å². The first-order valence-corrected chi connectivity index (χ1v) is 11.7. The Kier molecular flexibility index (Phi) is 7.58. The van der Waals surface area contributed by atoms with Gasteiger partial charge in [-0.1, -0.05) is 41.4 Å². The van der Waals surface area contributed by atoms with Crippen molar-refractivity contribution in [2.45, 2.75) is 26.0 Å². The van der Waals surface area contributed by atoms with Gasteiger partial charge < -0.3 is 19.7 Å². The van der Waals surface area contributed by atoms with Crippen molar-refractivity contribution >= 4 is 46.1 Å². The Morgan fingerprint density at radius 2 is 1.77 bits per heavy atom. The number of fused-ring (bicyclic) bond motifs is 1. The third kappa shape index (κ3) is 6.12. The van der Waals surface area contributed by atoms with E-state index in [2.05, 4.69) is 5.32 Å². The van der Waals surface area contributed by atoms with E-state index in [0.717, 1.165) is 11.1 Å². The van der Waals surface area contributed by atoms with Gasteiger partial charge in [0.25, 0.3) is 5.91 Å². The summed E-state index contributed by atoms with van der Waals surface area (Å²) in [7, 11) is 0. The number of amides is 1. The SMILES string of the molecule is CC(Oc1ccccc1)c1nc2cc(C(=O)NCCC(=O)O)ccc2n1Cc1cc(Cl)cc(Cl)c1. The van der Waals surface area contributed by atoms with Crippen LogP contribution >= 0.6 is 23.2 Å². The number of carbonyl (C=O) groups is 2. The van der Waals surface area contributed by atoms with Crippen LogP contribution in [-0.2, 0) is 11.3 Å². The van der Waals surface area contributed by atoms with Gasteiger partial charge in [0.1, 0.15) is 5.75 Å². The van der Waals surface area contributed by atoms with E-state index in [9.17, 15) is 9.59 Å². The molecule has 0 radical (unpaired) electrons. The number of hydrogen-bond donors (Lipinski definition) is 2. The van der Waals surface area contributed by atoms with Gasteiger partial charge in [-0.2, -0.15) is 0 Å². The first-order chi connectivity index (χ1) is 16.8. The second kappa shape index (κ2) is 10.8. The Labute approximate surface area is 212 Å². The van der Waals surface area contributed by atoms with Crippen LogP contribution in [0.3, 0.4) is 0 Å². The summed E-state index contributed by atoms with van der Waals surface area (Å²) in [4.78, 5) is 28.0. The average Bonchev–Trinajstić information content (AvgIpc) is 3.16. The summed E-state index contributed by atoms with van der Waals surface area (Å²) in [5.74, 6) is 0.0448. The van der Waals surface area contributed by atoms with Crippen molar-refractivity contribution in [1.82, 2.24) is 14.9 Å². The summed E-state index contributed by atoms with van der Waals surface area (Å²) in [6, 6.07) is 20.0. The number of benzene rings is 3. The fraction of sp³-hybridized carbons (Fsp3) is 0.192. The first kappa shape index (κ1) is 24.6. The predicted molar refractivity (Wildman–Crippen MR) is 135 cm³/mol. The van der Waals surface area contributed by atoms with Crippen LogP contribution < -0.4 is 10.1 Å². The molecule has 0 bridgehead atoms. The van der Waals surface area contributed by atoms with Gasteiger partial charge in [0.2, 0.25) is 0 Å². The van der Waals surface area contributed by atoms with E-state index in [1.165, 1.54) is 0 Å². The van der Waals surface area contributed by atoms with Gasteiger partial charge in [-0.25, -0.2) is 4.98 Å². The normalized spacial score (nSPS) is 11.9. The van der Waals surface area contributed by atoms with Gasteiger partial charge in [-0.15, -0.1) is 0 Å². The maximum absolute atomic E-state index is 12.5. The number of nitrogens with one attached hydrogen (secondary N) is 1. The van der Waals surface area contributed by atoms with E-state index in [1.54, 1.807) is 18.2 Å².